The van der Waals surface area contributed by atoms with Gasteiger partial charge in [0.05, 0.1) is 36.0 Å². The minimum absolute atomic E-state index is 0.164. The Kier molecular flexibility index (Phi) is 5.02. The molecule has 4 aromatic rings. The van der Waals surface area contributed by atoms with E-state index < -0.39 is 0 Å². The second-order valence-corrected chi connectivity index (χ2v) is 7.25. The molecule has 1 aromatic carbocycles. The lowest BCUT2D eigenvalue weighted by Gasteiger charge is -2.18. The Labute approximate surface area is 164 Å². The van der Waals surface area contributed by atoms with Crippen LogP contribution in [0.2, 0.25) is 0 Å². The molecule has 0 unspecified atom stereocenters. The highest BCUT2D eigenvalue weighted by Gasteiger charge is 2.20. The van der Waals surface area contributed by atoms with E-state index in [1.54, 1.807) is 6.20 Å². The summed E-state index contributed by atoms with van der Waals surface area (Å²) in [6.45, 7) is 7.14. The average Bonchev–Trinajstić information content (AvgIpc) is 3.38. The zero-order chi connectivity index (χ0) is 19.5. The van der Waals surface area contributed by atoms with Crippen molar-refractivity contribution in [2.75, 3.05) is 0 Å². The lowest BCUT2D eigenvalue weighted by atomic mass is 10.1. The van der Waals surface area contributed by atoms with Gasteiger partial charge in [0.2, 0.25) is 0 Å². The molecule has 3 heterocycles. The van der Waals surface area contributed by atoms with Crippen molar-refractivity contribution in [2.45, 2.75) is 39.3 Å². The molecule has 0 N–H and O–H groups in total. The van der Waals surface area contributed by atoms with Gasteiger partial charge in [0.25, 0.3) is 0 Å². The molecule has 0 bridgehead atoms. The maximum Gasteiger partial charge on any atom is 0.131 e. The quantitative estimate of drug-likeness (QED) is 0.497. The lowest BCUT2D eigenvalue weighted by molar-refractivity contribution is 0.439. The van der Waals surface area contributed by atoms with Gasteiger partial charge in [-0.1, -0.05) is 44.2 Å². The van der Waals surface area contributed by atoms with Crippen LogP contribution >= 0.6 is 0 Å². The van der Waals surface area contributed by atoms with Crippen LogP contribution in [-0.4, -0.2) is 29.3 Å². The number of imidazole rings is 1. The first kappa shape index (κ1) is 18.1. The summed E-state index contributed by atoms with van der Waals surface area (Å²) >= 11 is 0. The summed E-state index contributed by atoms with van der Waals surface area (Å²) in [7, 11) is 0. The molecule has 0 aliphatic carbocycles. The van der Waals surface area contributed by atoms with Gasteiger partial charge in [-0.25, -0.2) is 15.0 Å². The predicted molar refractivity (Wildman–Crippen MR) is 110 cm³/mol. The van der Waals surface area contributed by atoms with E-state index in [1.165, 1.54) is 0 Å². The van der Waals surface area contributed by atoms with Gasteiger partial charge in [0.1, 0.15) is 5.82 Å². The van der Waals surface area contributed by atoms with Crippen molar-refractivity contribution in [1.82, 2.24) is 29.3 Å². The fraction of sp³-hybridized carbons (Fsp3) is 0.273. The first-order valence-electron chi connectivity index (χ1n) is 9.56. The zero-order valence-corrected chi connectivity index (χ0v) is 16.4. The standard InChI is InChI=1S/C22H24N6/c1-16(2)22-23-12-10-19(26-22)21-20(18-8-5-4-6-9-18)24-15-28(21)17(3)14-27-13-7-11-25-27/h4-13,15-17H,14H2,1-3H3/t17-/m1/s1. The highest BCUT2D eigenvalue weighted by atomic mass is 15.3. The van der Waals surface area contributed by atoms with E-state index in [1.807, 2.05) is 53.7 Å². The van der Waals surface area contributed by atoms with Crippen LogP contribution < -0.4 is 0 Å². The molecular formula is C22H24N6. The molecule has 4 rings (SSSR count). The third-order valence-corrected chi connectivity index (χ3v) is 4.76. The second kappa shape index (κ2) is 7.76. The molecule has 6 nitrogen and oxygen atoms in total. The minimum atomic E-state index is 0.164. The van der Waals surface area contributed by atoms with E-state index in [0.717, 1.165) is 35.0 Å². The average molecular weight is 372 g/mol. The number of hydrogen-bond acceptors (Lipinski definition) is 4. The van der Waals surface area contributed by atoms with Crippen molar-refractivity contribution in [3.8, 4) is 22.6 Å². The number of benzene rings is 1. The second-order valence-electron chi connectivity index (χ2n) is 7.25. The largest absolute Gasteiger partial charge is 0.324 e. The Hall–Kier alpha value is -3.28. The van der Waals surface area contributed by atoms with Crippen molar-refractivity contribution in [3.05, 3.63) is 73.2 Å². The van der Waals surface area contributed by atoms with Crippen LogP contribution in [-0.2, 0) is 6.54 Å². The van der Waals surface area contributed by atoms with E-state index in [-0.39, 0.29) is 12.0 Å². The molecule has 0 saturated carbocycles. The minimum Gasteiger partial charge on any atom is -0.324 e. The normalized spacial score (nSPS) is 12.4. The number of rotatable bonds is 6. The van der Waals surface area contributed by atoms with Gasteiger partial charge < -0.3 is 4.57 Å². The Morgan fingerprint density at radius 3 is 2.46 bits per heavy atom. The Morgan fingerprint density at radius 1 is 0.929 bits per heavy atom. The molecule has 0 amide bonds. The monoisotopic (exact) mass is 372 g/mol. The van der Waals surface area contributed by atoms with E-state index in [4.69, 9.17) is 9.97 Å². The fourth-order valence-electron chi connectivity index (χ4n) is 3.31. The molecular weight excluding hydrogens is 348 g/mol. The van der Waals surface area contributed by atoms with E-state index >= 15 is 0 Å². The van der Waals surface area contributed by atoms with E-state index in [0.29, 0.717) is 0 Å². The van der Waals surface area contributed by atoms with Crippen molar-refractivity contribution >= 4 is 0 Å². The van der Waals surface area contributed by atoms with E-state index in [2.05, 4.69) is 47.6 Å². The van der Waals surface area contributed by atoms with Crippen LogP contribution in [0.3, 0.4) is 0 Å². The maximum absolute atomic E-state index is 4.85. The molecule has 3 aromatic heterocycles. The Morgan fingerprint density at radius 2 is 1.75 bits per heavy atom. The number of nitrogens with zero attached hydrogens (tertiary/aromatic N) is 6. The molecule has 0 aliphatic rings. The van der Waals surface area contributed by atoms with Gasteiger partial charge >= 0.3 is 0 Å². The number of aromatic nitrogens is 6. The van der Waals surface area contributed by atoms with Crippen LogP contribution in [0.5, 0.6) is 0 Å². The summed E-state index contributed by atoms with van der Waals surface area (Å²) in [6.07, 6.45) is 7.52. The molecule has 0 saturated heterocycles. The maximum atomic E-state index is 4.85. The van der Waals surface area contributed by atoms with Gasteiger partial charge in [-0.3, -0.25) is 4.68 Å². The number of hydrogen-bond donors (Lipinski definition) is 0. The van der Waals surface area contributed by atoms with E-state index in [9.17, 15) is 0 Å². The van der Waals surface area contributed by atoms with Crippen LogP contribution in [0.1, 0.15) is 38.6 Å². The van der Waals surface area contributed by atoms with Crippen molar-refractivity contribution in [1.29, 1.82) is 0 Å². The molecule has 1 atom stereocenters. The highest BCUT2D eigenvalue weighted by Crippen LogP contribution is 2.32. The molecule has 6 heteroatoms. The molecule has 0 radical (unpaired) electrons. The van der Waals surface area contributed by atoms with Crippen molar-refractivity contribution < 1.29 is 0 Å². The first-order valence-corrected chi connectivity index (χ1v) is 9.56. The topological polar surface area (TPSA) is 61.4 Å². The third kappa shape index (κ3) is 3.58. The molecule has 0 aliphatic heterocycles. The fourth-order valence-corrected chi connectivity index (χ4v) is 3.31. The summed E-state index contributed by atoms with van der Waals surface area (Å²) in [6, 6.07) is 14.3. The van der Waals surface area contributed by atoms with Crippen LogP contribution in [0.25, 0.3) is 22.6 Å². The Bertz CT molecular complexity index is 1030. The van der Waals surface area contributed by atoms with Crippen LogP contribution in [0.4, 0.5) is 0 Å². The predicted octanol–water partition coefficient (Wildman–Crippen LogP) is 4.59. The van der Waals surface area contributed by atoms with Crippen LogP contribution in [0.15, 0.2) is 67.4 Å². The highest BCUT2D eigenvalue weighted by molar-refractivity contribution is 5.76. The smallest absolute Gasteiger partial charge is 0.131 e. The van der Waals surface area contributed by atoms with Gasteiger partial charge in [-0.2, -0.15) is 5.10 Å². The summed E-state index contributed by atoms with van der Waals surface area (Å²) in [5, 5.41) is 4.34. The van der Waals surface area contributed by atoms with Gasteiger partial charge in [-0.15, -0.1) is 0 Å². The Balaban J connectivity index is 1.83. The van der Waals surface area contributed by atoms with Gasteiger partial charge in [0, 0.05) is 30.1 Å². The van der Waals surface area contributed by atoms with Crippen molar-refractivity contribution in [2.24, 2.45) is 0 Å². The van der Waals surface area contributed by atoms with Gasteiger partial charge in [0.15, 0.2) is 0 Å². The first-order chi connectivity index (χ1) is 13.6. The third-order valence-electron chi connectivity index (χ3n) is 4.76. The molecule has 0 spiro atoms. The summed E-state index contributed by atoms with van der Waals surface area (Å²) in [4.78, 5) is 14.0. The summed E-state index contributed by atoms with van der Waals surface area (Å²) < 4.78 is 4.13. The summed E-state index contributed by atoms with van der Waals surface area (Å²) in [5.74, 6) is 1.10. The lowest BCUT2D eigenvalue weighted by Crippen LogP contribution is -2.14. The molecule has 142 valence electrons. The van der Waals surface area contributed by atoms with Crippen LogP contribution in [0, 0.1) is 0 Å². The summed E-state index contributed by atoms with van der Waals surface area (Å²) in [5.41, 5.74) is 3.91. The van der Waals surface area contributed by atoms with Crippen molar-refractivity contribution in [3.63, 3.8) is 0 Å². The molecule has 0 fully saturated rings. The molecule has 28 heavy (non-hydrogen) atoms. The SMILES string of the molecule is CC(C)c1nccc(-c2c(-c3ccccc3)ncn2[C@H](C)Cn2cccn2)n1. The zero-order valence-electron chi connectivity index (χ0n) is 16.4. The van der Waals surface area contributed by atoms with Gasteiger partial charge in [-0.05, 0) is 19.1 Å².